The van der Waals surface area contributed by atoms with Gasteiger partial charge in [0, 0.05) is 37.3 Å². The van der Waals surface area contributed by atoms with Gasteiger partial charge in [-0.05, 0) is 37.5 Å². The number of likely N-dealkylation sites (tertiary alicyclic amines) is 1. The third-order valence-electron chi connectivity index (χ3n) is 5.60. The van der Waals surface area contributed by atoms with Gasteiger partial charge in [0.25, 0.3) is 5.91 Å². The summed E-state index contributed by atoms with van der Waals surface area (Å²) in [5.74, 6) is -0.457. The van der Waals surface area contributed by atoms with Crippen molar-refractivity contribution in [1.82, 2.24) is 14.5 Å². The monoisotopic (exact) mass is 421 g/mol. The minimum Gasteiger partial charge on any atom is -0.395 e. The van der Waals surface area contributed by atoms with Crippen LogP contribution in [-0.2, 0) is 14.8 Å². The van der Waals surface area contributed by atoms with Gasteiger partial charge >= 0.3 is 0 Å². The van der Waals surface area contributed by atoms with Crippen LogP contribution in [0.15, 0.2) is 43.0 Å². The first-order valence-corrected chi connectivity index (χ1v) is 11.3. The summed E-state index contributed by atoms with van der Waals surface area (Å²) in [7, 11) is -3.65. The molecule has 0 aromatic heterocycles. The molecule has 2 unspecified atom stereocenters. The number of rotatable bonds is 6. The van der Waals surface area contributed by atoms with Crippen LogP contribution in [-0.4, -0.2) is 78.1 Å². The Morgan fingerprint density at radius 3 is 2.45 bits per heavy atom. The molecule has 0 saturated carbocycles. The second kappa shape index (κ2) is 9.06. The quantitative estimate of drug-likeness (QED) is 0.645. The van der Waals surface area contributed by atoms with Crippen molar-refractivity contribution in [3.63, 3.8) is 0 Å². The van der Waals surface area contributed by atoms with Crippen molar-refractivity contribution in [1.29, 1.82) is 0 Å². The predicted octanol–water partition coefficient (Wildman–Crippen LogP) is 0.358. The molecule has 2 N–H and O–H groups in total. The van der Waals surface area contributed by atoms with E-state index in [2.05, 4.69) is 11.9 Å². The normalized spacial score (nSPS) is 23.7. The highest BCUT2D eigenvalue weighted by Crippen LogP contribution is 2.28. The maximum absolute atomic E-state index is 13.2. The SMILES string of the molecule is C=CC(=O)NC1CC(CO)N(S(=O)(=O)C2CCN(C(=O)c3ccccc3)CC2)C1. The molecule has 2 aliphatic heterocycles. The summed E-state index contributed by atoms with van der Waals surface area (Å²) in [6.45, 7) is 3.97. The van der Waals surface area contributed by atoms with Gasteiger partial charge in [-0.1, -0.05) is 24.8 Å². The van der Waals surface area contributed by atoms with E-state index in [-0.39, 0.29) is 31.0 Å². The Morgan fingerprint density at radius 2 is 1.86 bits per heavy atom. The molecule has 0 aliphatic carbocycles. The fourth-order valence-electron chi connectivity index (χ4n) is 4.04. The highest BCUT2D eigenvalue weighted by molar-refractivity contribution is 7.89. The lowest BCUT2D eigenvalue weighted by Crippen LogP contribution is -2.49. The van der Waals surface area contributed by atoms with Crippen LogP contribution >= 0.6 is 0 Å². The molecule has 2 atom stereocenters. The first kappa shape index (κ1) is 21.5. The number of aliphatic hydroxyl groups excluding tert-OH is 1. The molecule has 2 heterocycles. The van der Waals surface area contributed by atoms with E-state index >= 15 is 0 Å². The Balaban J connectivity index is 1.64. The Morgan fingerprint density at radius 1 is 1.21 bits per heavy atom. The van der Waals surface area contributed by atoms with Crippen LogP contribution in [0.4, 0.5) is 0 Å². The zero-order valence-corrected chi connectivity index (χ0v) is 17.1. The molecule has 2 aliphatic rings. The second-order valence-corrected chi connectivity index (χ2v) is 9.62. The maximum Gasteiger partial charge on any atom is 0.253 e. The number of piperidine rings is 1. The number of carbonyl (C=O) groups is 2. The number of hydrogen-bond donors (Lipinski definition) is 2. The molecule has 9 heteroatoms. The molecular weight excluding hydrogens is 394 g/mol. The first-order valence-electron chi connectivity index (χ1n) is 9.75. The molecule has 2 amide bonds. The second-order valence-electron chi connectivity index (χ2n) is 7.45. The van der Waals surface area contributed by atoms with Gasteiger partial charge in [0.1, 0.15) is 0 Å². The maximum atomic E-state index is 13.2. The lowest BCUT2D eigenvalue weighted by Gasteiger charge is -2.35. The molecule has 158 valence electrons. The van der Waals surface area contributed by atoms with Gasteiger partial charge in [-0.15, -0.1) is 0 Å². The van der Waals surface area contributed by atoms with Gasteiger partial charge in [-0.25, -0.2) is 8.42 Å². The van der Waals surface area contributed by atoms with E-state index < -0.39 is 21.3 Å². The molecular formula is C20H27N3O5S. The number of benzene rings is 1. The average molecular weight is 422 g/mol. The molecule has 1 aromatic carbocycles. The summed E-state index contributed by atoms with van der Waals surface area (Å²) in [5.41, 5.74) is 0.592. The topological polar surface area (TPSA) is 107 Å². The molecule has 29 heavy (non-hydrogen) atoms. The summed E-state index contributed by atoms with van der Waals surface area (Å²) in [4.78, 5) is 25.8. The van der Waals surface area contributed by atoms with Gasteiger partial charge in [-0.2, -0.15) is 4.31 Å². The zero-order chi connectivity index (χ0) is 21.0. The average Bonchev–Trinajstić information content (AvgIpc) is 3.17. The zero-order valence-electron chi connectivity index (χ0n) is 16.2. The largest absolute Gasteiger partial charge is 0.395 e. The standard InChI is InChI=1S/C20H27N3O5S/c1-2-19(25)21-16-12-17(14-24)23(13-16)29(27,28)18-8-10-22(11-9-18)20(26)15-6-4-3-5-7-15/h2-7,16-18,24H,1,8-14H2,(H,21,25). The van der Waals surface area contributed by atoms with E-state index in [0.717, 1.165) is 6.08 Å². The number of sulfonamides is 1. The van der Waals surface area contributed by atoms with Crippen molar-refractivity contribution in [2.75, 3.05) is 26.2 Å². The number of hydrogen-bond acceptors (Lipinski definition) is 5. The van der Waals surface area contributed by atoms with Crippen LogP contribution in [0.2, 0.25) is 0 Å². The van der Waals surface area contributed by atoms with Gasteiger partial charge in [0.2, 0.25) is 15.9 Å². The van der Waals surface area contributed by atoms with E-state index in [4.69, 9.17) is 0 Å². The van der Waals surface area contributed by atoms with Crippen LogP contribution in [0.3, 0.4) is 0 Å². The fourth-order valence-corrected chi connectivity index (χ4v) is 6.19. The van der Waals surface area contributed by atoms with Crippen LogP contribution in [0.1, 0.15) is 29.6 Å². The summed E-state index contributed by atoms with van der Waals surface area (Å²) in [6, 6.07) is 8.03. The molecule has 0 spiro atoms. The predicted molar refractivity (Wildman–Crippen MR) is 109 cm³/mol. The smallest absolute Gasteiger partial charge is 0.253 e. The Hall–Kier alpha value is -2.23. The Kier molecular flexibility index (Phi) is 6.71. The van der Waals surface area contributed by atoms with Crippen molar-refractivity contribution in [3.05, 3.63) is 48.6 Å². The van der Waals surface area contributed by atoms with E-state index in [1.165, 1.54) is 4.31 Å². The summed E-state index contributed by atoms with van der Waals surface area (Å²) < 4.78 is 27.7. The summed E-state index contributed by atoms with van der Waals surface area (Å²) in [6.07, 6.45) is 2.20. The number of nitrogens with zero attached hydrogens (tertiary/aromatic N) is 2. The van der Waals surface area contributed by atoms with Crippen molar-refractivity contribution in [2.24, 2.45) is 0 Å². The number of amides is 2. The molecule has 0 bridgehead atoms. The Bertz CT molecular complexity index is 850. The molecule has 1 aromatic rings. The van der Waals surface area contributed by atoms with Crippen molar-refractivity contribution in [3.8, 4) is 0 Å². The third-order valence-corrected chi connectivity index (χ3v) is 8.02. The van der Waals surface area contributed by atoms with Gasteiger partial charge in [0.05, 0.1) is 11.9 Å². The van der Waals surface area contributed by atoms with E-state index in [9.17, 15) is 23.1 Å². The molecule has 2 saturated heterocycles. The van der Waals surface area contributed by atoms with Crippen LogP contribution in [0.25, 0.3) is 0 Å². The van der Waals surface area contributed by atoms with Crippen LogP contribution in [0, 0.1) is 0 Å². The molecule has 3 rings (SSSR count). The summed E-state index contributed by atoms with van der Waals surface area (Å²) >= 11 is 0. The van der Waals surface area contributed by atoms with Crippen molar-refractivity contribution in [2.45, 2.75) is 36.6 Å². The van der Waals surface area contributed by atoms with Gasteiger partial charge in [-0.3, -0.25) is 9.59 Å². The van der Waals surface area contributed by atoms with E-state index in [1.54, 1.807) is 29.2 Å². The van der Waals surface area contributed by atoms with Crippen LogP contribution < -0.4 is 5.32 Å². The van der Waals surface area contributed by atoms with E-state index in [1.807, 2.05) is 6.07 Å². The van der Waals surface area contributed by atoms with Crippen LogP contribution in [0.5, 0.6) is 0 Å². The minimum absolute atomic E-state index is 0.0944. The minimum atomic E-state index is -3.65. The third kappa shape index (κ3) is 4.68. The molecule has 2 fully saturated rings. The van der Waals surface area contributed by atoms with Gasteiger partial charge < -0.3 is 15.3 Å². The number of carbonyl (C=O) groups excluding carboxylic acids is 2. The number of nitrogens with one attached hydrogen (secondary N) is 1. The number of aliphatic hydroxyl groups is 1. The van der Waals surface area contributed by atoms with Crippen molar-refractivity contribution >= 4 is 21.8 Å². The fraction of sp³-hybridized carbons (Fsp3) is 0.500. The van der Waals surface area contributed by atoms with Crippen molar-refractivity contribution < 1.29 is 23.1 Å². The highest BCUT2D eigenvalue weighted by Gasteiger charge is 2.44. The first-order chi connectivity index (χ1) is 13.9. The molecule has 8 nitrogen and oxygen atoms in total. The Labute approximate surface area is 171 Å². The van der Waals surface area contributed by atoms with Gasteiger partial charge in [0.15, 0.2) is 0 Å². The van der Waals surface area contributed by atoms with E-state index in [0.29, 0.717) is 37.9 Å². The lowest BCUT2D eigenvalue weighted by molar-refractivity contribution is -0.117. The highest BCUT2D eigenvalue weighted by atomic mass is 32.2. The lowest BCUT2D eigenvalue weighted by atomic mass is 10.1. The molecule has 0 radical (unpaired) electrons. The summed E-state index contributed by atoms with van der Waals surface area (Å²) in [5, 5.41) is 11.8.